The SMILES string of the molecule is Cc1ccc2c(Cl)nc(C(Cl)(Cl)Cl)nc2c1. The summed E-state index contributed by atoms with van der Waals surface area (Å²) in [4.78, 5) is 8.14. The van der Waals surface area contributed by atoms with Gasteiger partial charge in [0.2, 0.25) is 3.79 Å². The van der Waals surface area contributed by atoms with Crippen LogP contribution in [0.4, 0.5) is 0 Å². The van der Waals surface area contributed by atoms with Crippen LogP contribution in [0.15, 0.2) is 18.2 Å². The Hall–Kier alpha value is -0.280. The van der Waals surface area contributed by atoms with E-state index in [-0.39, 0.29) is 11.0 Å². The van der Waals surface area contributed by atoms with Gasteiger partial charge in [0.25, 0.3) is 0 Å². The zero-order valence-electron chi connectivity index (χ0n) is 8.14. The van der Waals surface area contributed by atoms with Crippen LogP contribution in [0.3, 0.4) is 0 Å². The van der Waals surface area contributed by atoms with E-state index in [0.29, 0.717) is 5.52 Å². The van der Waals surface area contributed by atoms with Crippen LogP contribution in [0.2, 0.25) is 5.15 Å². The van der Waals surface area contributed by atoms with Crippen LogP contribution >= 0.6 is 46.4 Å². The number of alkyl halides is 3. The number of hydrogen-bond donors (Lipinski definition) is 0. The van der Waals surface area contributed by atoms with Gasteiger partial charge in [-0.3, -0.25) is 0 Å². The number of halogens is 4. The molecule has 1 heterocycles. The molecule has 6 heteroatoms. The van der Waals surface area contributed by atoms with Gasteiger partial charge in [-0.2, -0.15) is 0 Å². The van der Waals surface area contributed by atoms with Crippen molar-refractivity contribution in [3.63, 3.8) is 0 Å². The molecule has 1 aromatic heterocycles. The maximum Gasteiger partial charge on any atom is 0.250 e. The lowest BCUT2D eigenvalue weighted by atomic mass is 10.2. The predicted molar refractivity (Wildman–Crippen MR) is 68.5 cm³/mol. The first kappa shape index (κ1) is 12.2. The van der Waals surface area contributed by atoms with Crippen molar-refractivity contribution < 1.29 is 0 Å². The van der Waals surface area contributed by atoms with Crippen LogP contribution in [0, 0.1) is 6.92 Å². The van der Waals surface area contributed by atoms with Gasteiger partial charge in [-0.05, 0) is 24.6 Å². The van der Waals surface area contributed by atoms with Crippen LogP contribution < -0.4 is 0 Å². The van der Waals surface area contributed by atoms with Gasteiger partial charge in [-0.25, -0.2) is 9.97 Å². The monoisotopic (exact) mass is 294 g/mol. The van der Waals surface area contributed by atoms with E-state index in [9.17, 15) is 0 Å². The first-order valence-corrected chi connectivity index (χ1v) is 5.90. The fourth-order valence-electron chi connectivity index (χ4n) is 1.33. The van der Waals surface area contributed by atoms with E-state index < -0.39 is 3.79 Å². The first-order valence-electron chi connectivity index (χ1n) is 4.39. The van der Waals surface area contributed by atoms with Gasteiger partial charge in [0.15, 0.2) is 5.82 Å². The van der Waals surface area contributed by atoms with Crippen molar-refractivity contribution in [2.75, 3.05) is 0 Å². The van der Waals surface area contributed by atoms with Gasteiger partial charge in [-0.15, -0.1) is 0 Å². The summed E-state index contributed by atoms with van der Waals surface area (Å²) in [6, 6.07) is 5.63. The second-order valence-electron chi connectivity index (χ2n) is 3.36. The third kappa shape index (κ3) is 2.35. The van der Waals surface area contributed by atoms with Gasteiger partial charge >= 0.3 is 0 Å². The normalized spacial score (nSPS) is 12.1. The second-order valence-corrected chi connectivity index (χ2v) is 6.00. The molecule has 0 radical (unpaired) electrons. The molecule has 2 rings (SSSR count). The quantitative estimate of drug-likeness (QED) is 0.531. The number of aryl methyl sites for hydroxylation is 1. The largest absolute Gasteiger partial charge is 0.250 e. The Balaban J connectivity index is 2.75. The van der Waals surface area contributed by atoms with Crippen molar-refractivity contribution >= 4 is 57.3 Å². The van der Waals surface area contributed by atoms with E-state index >= 15 is 0 Å². The van der Waals surface area contributed by atoms with Gasteiger partial charge in [0.1, 0.15) is 5.15 Å². The van der Waals surface area contributed by atoms with Crippen molar-refractivity contribution in [2.45, 2.75) is 10.7 Å². The van der Waals surface area contributed by atoms with Crippen LogP contribution in [0.1, 0.15) is 11.4 Å². The molecule has 2 aromatic rings. The highest BCUT2D eigenvalue weighted by molar-refractivity contribution is 6.66. The van der Waals surface area contributed by atoms with Crippen molar-refractivity contribution in [3.05, 3.63) is 34.7 Å². The highest BCUT2D eigenvalue weighted by Crippen LogP contribution is 2.37. The summed E-state index contributed by atoms with van der Waals surface area (Å²) in [7, 11) is 0. The minimum Gasteiger partial charge on any atom is -0.228 e. The van der Waals surface area contributed by atoms with Crippen molar-refractivity contribution in [1.82, 2.24) is 9.97 Å². The molecule has 0 amide bonds. The topological polar surface area (TPSA) is 25.8 Å². The number of rotatable bonds is 0. The third-order valence-corrected chi connectivity index (χ3v) is 2.85. The standard InChI is InChI=1S/C10H6Cl4N2/c1-5-2-3-6-7(4-5)15-9(10(12,13)14)16-8(6)11/h2-4H,1H3. The molecule has 0 N–H and O–H groups in total. The minimum absolute atomic E-state index is 0.0839. The molecule has 16 heavy (non-hydrogen) atoms. The number of fused-ring (bicyclic) bond motifs is 1. The van der Waals surface area contributed by atoms with E-state index in [0.717, 1.165) is 10.9 Å². The van der Waals surface area contributed by atoms with Crippen LogP contribution in [-0.4, -0.2) is 9.97 Å². The number of benzene rings is 1. The van der Waals surface area contributed by atoms with E-state index in [2.05, 4.69) is 9.97 Å². The highest BCUT2D eigenvalue weighted by atomic mass is 35.6. The summed E-state index contributed by atoms with van der Waals surface area (Å²) in [5, 5.41) is 1.02. The number of hydrogen-bond acceptors (Lipinski definition) is 2. The lowest BCUT2D eigenvalue weighted by Gasteiger charge is -2.10. The van der Waals surface area contributed by atoms with Gasteiger partial charge < -0.3 is 0 Å². The lowest BCUT2D eigenvalue weighted by molar-refractivity contribution is 0.996. The van der Waals surface area contributed by atoms with E-state index in [1.54, 1.807) is 0 Å². The molecule has 0 bridgehead atoms. The van der Waals surface area contributed by atoms with E-state index in [1.807, 2.05) is 25.1 Å². The van der Waals surface area contributed by atoms with Crippen LogP contribution in [0.5, 0.6) is 0 Å². The predicted octanol–water partition coefficient (Wildman–Crippen LogP) is 4.42. The molecule has 2 nitrogen and oxygen atoms in total. The van der Waals surface area contributed by atoms with E-state index in [4.69, 9.17) is 46.4 Å². The summed E-state index contributed by atoms with van der Waals surface area (Å²) in [5.41, 5.74) is 1.72. The molecule has 0 unspecified atom stereocenters. The Labute approximate surface area is 112 Å². The molecule has 0 aliphatic carbocycles. The van der Waals surface area contributed by atoms with Gasteiger partial charge in [0, 0.05) is 5.39 Å². The molecule has 0 atom stereocenters. The fraction of sp³-hybridized carbons (Fsp3) is 0.200. The maximum atomic E-state index is 5.99. The average Bonchev–Trinajstić information content (AvgIpc) is 2.15. The molecule has 0 spiro atoms. The Kier molecular flexibility index (Phi) is 3.19. The second kappa shape index (κ2) is 4.19. The summed E-state index contributed by atoms with van der Waals surface area (Å²) >= 11 is 23.1. The van der Waals surface area contributed by atoms with E-state index in [1.165, 1.54) is 0 Å². The highest BCUT2D eigenvalue weighted by Gasteiger charge is 2.27. The molecule has 0 aliphatic rings. The van der Waals surface area contributed by atoms with Crippen LogP contribution in [0.25, 0.3) is 10.9 Å². The Morgan fingerprint density at radius 2 is 1.81 bits per heavy atom. The Morgan fingerprint density at radius 1 is 1.12 bits per heavy atom. The van der Waals surface area contributed by atoms with Crippen LogP contribution in [-0.2, 0) is 3.79 Å². The Bertz CT molecular complexity index is 548. The zero-order valence-corrected chi connectivity index (χ0v) is 11.2. The number of aromatic nitrogens is 2. The summed E-state index contributed by atoms with van der Waals surface area (Å²) in [6.45, 7) is 1.95. The lowest BCUT2D eigenvalue weighted by Crippen LogP contribution is -2.07. The molecule has 84 valence electrons. The van der Waals surface area contributed by atoms with Crippen molar-refractivity contribution in [1.29, 1.82) is 0 Å². The number of nitrogens with zero attached hydrogens (tertiary/aromatic N) is 2. The van der Waals surface area contributed by atoms with Gasteiger partial charge in [0.05, 0.1) is 5.52 Å². The van der Waals surface area contributed by atoms with Crippen molar-refractivity contribution in [2.24, 2.45) is 0 Å². The molecular weight excluding hydrogens is 290 g/mol. The molecular formula is C10H6Cl4N2. The third-order valence-electron chi connectivity index (χ3n) is 2.06. The molecule has 0 saturated heterocycles. The summed E-state index contributed by atoms with van der Waals surface area (Å²) < 4.78 is -1.67. The molecule has 0 aliphatic heterocycles. The smallest absolute Gasteiger partial charge is 0.228 e. The molecule has 0 fully saturated rings. The summed E-state index contributed by atoms with van der Waals surface area (Å²) in [5.74, 6) is 0.0839. The molecule has 1 aromatic carbocycles. The van der Waals surface area contributed by atoms with Crippen molar-refractivity contribution in [3.8, 4) is 0 Å². The Morgan fingerprint density at radius 3 is 2.44 bits per heavy atom. The first-order chi connectivity index (χ1) is 7.38. The molecule has 0 saturated carbocycles. The average molecular weight is 296 g/mol. The fourth-order valence-corrected chi connectivity index (χ4v) is 1.82. The minimum atomic E-state index is -1.67. The zero-order chi connectivity index (χ0) is 11.9. The van der Waals surface area contributed by atoms with Gasteiger partial charge in [-0.1, -0.05) is 52.5 Å². The summed E-state index contributed by atoms with van der Waals surface area (Å²) in [6.07, 6.45) is 0. The maximum absolute atomic E-state index is 5.99.